The van der Waals surface area contributed by atoms with E-state index in [-0.39, 0.29) is 57.2 Å². The Labute approximate surface area is 285 Å². The molecule has 0 radical (unpaired) electrons. The Hall–Kier alpha value is -4.95. The number of aromatic nitrogens is 1. The van der Waals surface area contributed by atoms with Crippen LogP contribution in [0.5, 0.6) is 5.75 Å². The second-order valence-corrected chi connectivity index (χ2v) is 13.2. The highest BCUT2D eigenvalue weighted by Crippen LogP contribution is 2.26. The average Bonchev–Trinajstić information content (AvgIpc) is 3.02. The molecule has 0 aliphatic carbocycles. The molecule has 1 aromatic heterocycles. The summed E-state index contributed by atoms with van der Waals surface area (Å²) < 4.78 is 26.4. The molecule has 1 N–H and O–H groups in total. The van der Waals surface area contributed by atoms with E-state index < -0.39 is 66.1 Å². The van der Waals surface area contributed by atoms with Crippen LogP contribution in [0, 0.1) is 5.92 Å². The Balaban J connectivity index is 1.71. The Morgan fingerprint density at radius 2 is 1.43 bits per heavy atom. The van der Waals surface area contributed by atoms with E-state index in [1.807, 2.05) is 0 Å². The Bertz CT molecular complexity index is 1520. The molecule has 0 saturated carbocycles. The second-order valence-electron chi connectivity index (χ2n) is 13.2. The van der Waals surface area contributed by atoms with Crippen molar-refractivity contribution < 1.29 is 52.5 Å². The number of nitrogens with zero attached hydrogens (tertiary/aromatic N) is 3. The molecule has 1 aromatic carbocycles. The number of carbonyl (C=O) groups is 6. The van der Waals surface area contributed by atoms with E-state index in [1.54, 1.807) is 72.7 Å². The molecule has 1 aliphatic heterocycles. The highest BCUT2D eigenvalue weighted by molar-refractivity contribution is 5.99. The van der Waals surface area contributed by atoms with Gasteiger partial charge in [0.1, 0.15) is 28.6 Å². The van der Waals surface area contributed by atoms with Crippen molar-refractivity contribution in [2.75, 3.05) is 52.5 Å². The van der Waals surface area contributed by atoms with Crippen molar-refractivity contribution in [1.82, 2.24) is 20.1 Å². The van der Waals surface area contributed by atoms with Crippen LogP contribution in [0.4, 0.5) is 4.79 Å². The molecule has 1 unspecified atom stereocenters. The fourth-order valence-corrected chi connectivity index (χ4v) is 4.80. The van der Waals surface area contributed by atoms with Crippen LogP contribution in [-0.2, 0) is 38.1 Å². The quantitative estimate of drug-likeness (QED) is 0.196. The van der Waals surface area contributed by atoms with Gasteiger partial charge in [0.25, 0.3) is 5.91 Å². The van der Waals surface area contributed by atoms with Crippen LogP contribution in [0.25, 0.3) is 10.9 Å². The molecule has 49 heavy (non-hydrogen) atoms. The maximum absolute atomic E-state index is 13.6. The maximum Gasteiger partial charge on any atom is 0.409 e. The number of esters is 3. The number of pyridine rings is 1. The van der Waals surface area contributed by atoms with Crippen molar-refractivity contribution in [2.45, 2.75) is 66.1 Å². The van der Waals surface area contributed by atoms with Crippen LogP contribution in [-0.4, -0.2) is 114 Å². The molecule has 2 aromatic rings. The van der Waals surface area contributed by atoms with Crippen molar-refractivity contribution in [3.8, 4) is 5.75 Å². The van der Waals surface area contributed by atoms with E-state index in [4.69, 9.17) is 23.7 Å². The summed E-state index contributed by atoms with van der Waals surface area (Å²) >= 11 is 0. The van der Waals surface area contributed by atoms with Crippen LogP contribution >= 0.6 is 0 Å². The van der Waals surface area contributed by atoms with Gasteiger partial charge in [-0.1, -0.05) is 12.1 Å². The number of fused-ring (bicyclic) bond motifs is 1. The predicted octanol–water partition coefficient (Wildman–Crippen LogP) is 2.88. The standard InChI is InChI=1S/C34H46N4O11/c1-8-45-32(44)38-17-15-37(16-18-38)30(42)23(31(43)47-21-28(40)49-34(5,6)7)13-14-35-29(41)25-19-26(22-11-9-10-12-24(22)36-25)46-20-27(39)48-33(2,3)4/h9-12,19,23H,8,13-18,20-21H2,1-7H3,(H,35,41). The summed E-state index contributed by atoms with van der Waals surface area (Å²) in [5, 5.41) is 3.25. The molecule has 1 atom stereocenters. The lowest BCUT2D eigenvalue weighted by Gasteiger charge is -2.35. The van der Waals surface area contributed by atoms with Gasteiger partial charge in [0.15, 0.2) is 13.2 Å². The fraction of sp³-hybridized carbons (Fsp3) is 0.559. The number of carbonyl (C=O) groups excluding carboxylic acids is 6. The number of piperazine rings is 1. The number of hydrogen-bond acceptors (Lipinski definition) is 12. The third-order valence-corrected chi connectivity index (χ3v) is 6.85. The maximum atomic E-state index is 13.6. The van der Waals surface area contributed by atoms with Gasteiger partial charge in [-0.15, -0.1) is 0 Å². The summed E-state index contributed by atoms with van der Waals surface area (Å²) in [7, 11) is 0. The first-order valence-corrected chi connectivity index (χ1v) is 16.1. The zero-order valence-corrected chi connectivity index (χ0v) is 29.2. The first kappa shape index (κ1) is 38.5. The number of benzene rings is 1. The van der Waals surface area contributed by atoms with Crippen LogP contribution in [0.15, 0.2) is 30.3 Å². The summed E-state index contributed by atoms with van der Waals surface area (Å²) in [5.41, 5.74) is -1.10. The monoisotopic (exact) mass is 686 g/mol. The number of ether oxygens (including phenoxy) is 5. The Morgan fingerprint density at radius 1 is 0.837 bits per heavy atom. The lowest BCUT2D eigenvalue weighted by Crippen LogP contribution is -2.53. The molecule has 15 heteroatoms. The van der Waals surface area contributed by atoms with Gasteiger partial charge in [-0.25, -0.2) is 19.4 Å². The Kier molecular flexibility index (Phi) is 13.3. The van der Waals surface area contributed by atoms with Gasteiger partial charge in [0, 0.05) is 44.2 Å². The first-order valence-electron chi connectivity index (χ1n) is 16.1. The van der Waals surface area contributed by atoms with Crippen molar-refractivity contribution >= 4 is 46.7 Å². The normalized spacial score (nSPS) is 14.0. The van der Waals surface area contributed by atoms with Gasteiger partial charge >= 0.3 is 24.0 Å². The lowest BCUT2D eigenvalue weighted by molar-refractivity contribution is -0.170. The molecule has 3 rings (SSSR count). The highest BCUT2D eigenvalue weighted by atomic mass is 16.6. The van der Waals surface area contributed by atoms with Gasteiger partial charge in [-0.05, 0) is 67.0 Å². The number of rotatable bonds is 12. The third kappa shape index (κ3) is 12.2. The predicted molar refractivity (Wildman–Crippen MR) is 176 cm³/mol. The summed E-state index contributed by atoms with van der Waals surface area (Å²) in [5.74, 6) is -4.65. The van der Waals surface area contributed by atoms with Gasteiger partial charge in [0.05, 0.1) is 12.1 Å². The minimum absolute atomic E-state index is 0.0247. The Morgan fingerprint density at radius 3 is 2.04 bits per heavy atom. The summed E-state index contributed by atoms with van der Waals surface area (Å²) in [6, 6.07) is 8.31. The van der Waals surface area contributed by atoms with Gasteiger partial charge < -0.3 is 38.8 Å². The van der Waals surface area contributed by atoms with Crippen molar-refractivity contribution in [3.05, 3.63) is 36.0 Å². The molecule has 15 nitrogen and oxygen atoms in total. The molecule has 268 valence electrons. The fourth-order valence-electron chi connectivity index (χ4n) is 4.80. The van der Waals surface area contributed by atoms with Crippen LogP contribution in [0.2, 0.25) is 0 Å². The first-order chi connectivity index (χ1) is 23.0. The minimum Gasteiger partial charge on any atom is -0.481 e. The van der Waals surface area contributed by atoms with Crippen molar-refractivity contribution in [3.63, 3.8) is 0 Å². The van der Waals surface area contributed by atoms with Gasteiger partial charge in [0.2, 0.25) is 5.91 Å². The topological polar surface area (TPSA) is 180 Å². The van der Waals surface area contributed by atoms with Crippen molar-refractivity contribution in [1.29, 1.82) is 0 Å². The molecular weight excluding hydrogens is 640 g/mol. The highest BCUT2D eigenvalue weighted by Gasteiger charge is 2.35. The van der Waals surface area contributed by atoms with Crippen molar-refractivity contribution in [2.24, 2.45) is 5.92 Å². The van der Waals surface area contributed by atoms with E-state index in [0.717, 1.165) is 0 Å². The zero-order chi connectivity index (χ0) is 36.4. The lowest BCUT2D eigenvalue weighted by atomic mass is 10.0. The largest absolute Gasteiger partial charge is 0.481 e. The molecule has 1 fully saturated rings. The molecule has 0 bridgehead atoms. The van der Waals surface area contributed by atoms with E-state index in [0.29, 0.717) is 10.9 Å². The van der Waals surface area contributed by atoms with Crippen LogP contribution in [0.3, 0.4) is 0 Å². The minimum atomic E-state index is -1.37. The SMILES string of the molecule is CCOC(=O)N1CCN(C(=O)C(CCNC(=O)c2cc(OCC(=O)OC(C)(C)C)c3ccccc3n2)C(=O)OCC(=O)OC(C)(C)C)CC1. The van der Waals surface area contributed by atoms with Gasteiger partial charge in [-0.2, -0.15) is 0 Å². The number of hydrogen-bond donors (Lipinski definition) is 1. The molecule has 1 aliphatic rings. The molecule has 3 amide bonds. The molecule has 0 spiro atoms. The average molecular weight is 687 g/mol. The van der Waals surface area contributed by atoms with Crippen LogP contribution in [0.1, 0.15) is 65.4 Å². The van der Waals surface area contributed by atoms with Gasteiger partial charge in [-0.3, -0.25) is 14.4 Å². The van der Waals surface area contributed by atoms with E-state index in [1.165, 1.54) is 15.9 Å². The summed E-state index contributed by atoms with van der Waals surface area (Å²) in [6.07, 6.45) is -0.655. The number of para-hydroxylation sites is 1. The molecular formula is C34H46N4O11. The van der Waals surface area contributed by atoms with E-state index >= 15 is 0 Å². The molecule has 2 heterocycles. The second kappa shape index (κ2) is 16.9. The van der Waals surface area contributed by atoms with Crippen LogP contribution < -0.4 is 10.1 Å². The third-order valence-electron chi connectivity index (χ3n) is 6.85. The number of nitrogens with one attached hydrogen (secondary N) is 1. The smallest absolute Gasteiger partial charge is 0.409 e. The summed E-state index contributed by atoms with van der Waals surface area (Å²) in [4.78, 5) is 83.8. The molecule has 1 saturated heterocycles. The number of amides is 3. The summed E-state index contributed by atoms with van der Waals surface area (Å²) in [6.45, 7) is 11.6. The van der Waals surface area contributed by atoms with E-state index in [9.17, 15) is 28.8 Å². The zero-order valence-electron chi connectivity index (χ0n) is 29.2. The van der Waals surface area contributed by atoms with E-state index in [2.05, 4.69) is 10.3 Å².